The van der Waals surface area contributed by atoms with Crippen LogP contribution in [-0.2, 0) is 12.8 Å². The summed E-state index contributed by atoms with van der Waals surface area (Å²) in [5.74, 6) is 0.287. The second-order valence-electron chi connectivity index (χ2n) is 5.69. The minimum absolute atomic E-state index is 0.333. The first-order valence-electron chi connectivity index (χ1n) is 7.72. The molecule has 0 radical (unpaired) electrons. The average molecular weight is 304 g/mol. The van der Waals surface area contributed by atoms with Gasteiger partial charge in [-0.3, -0.25) is 0 Å². The molecule has 114 valence electrons. The van der Waals surface area contributed by atoms with Crippen LogP contribution in [0.5, 0.6) is 5.75 Å². The van der Waals surface area contributed by atoms with Crippen molar-refractivity contribution in [2.75, 3.05) is 0 Å². The SMILES string of the molecule is O=C(Oc1ccc2c(c1)CCC2)c1ccc(-n2ccnc2)cc1. The van der Waals surface area contributed by atoms with Crippen LogP contribution in [-0.4, -0.2) is 15.5 Å². The maximum atomic E-state index is 12.3. The molecule has 4 nitrogen and oxygen atoms in total. The topological polar surface area (TPSA) is 44.1 Å². The molecule has 1 aliphatic carbocycles. The predicted molar refractivity (Wildman–Crippen MR) is 87.0 cm³/mol. The highest BCUT2D eigenvalue weighted by molar-refractivity contribution is 5.91. The van der Waals surface area contributed by atoms with Crippen molar-refractivity contribution < 1.29 is 9.53 Å². The maximum Gasteiger partial charge on any atom is 0.343 e. The molecule has 0 amide bonds. The number of hydrogen-bond donors (Lipinski definition) is 0. The van der Waals surface area contributed by atoms with E-state index in [4.69, 9.17) is 4.74 Å². The van der Waals surface area contributed by atoms with Gasteiger partial charge in [0.25, 0.3) is 0 Å². The summed E-state index contributed by atoms with van der Waals surface area (Å²) in [5.41, 5.74) is 4.16. The van der Waals surface area contributed by atoms with Crippen molar-refractivity contribution in [2.24, 2.45) is 0 Å². The maximum absolute atomic E-state index is 12.3. The number of aryl methyl sites for hydroxylation is 2. The Bertz CT molecular complexity index is 836. The number of carbonyl (C=O) groups is 1. The van der Waals surface area contributed by atoms with Crippen LogP contribution in [0.2, 0.25) is 0 Å². The number of nitrogens with zero attached hydrogens (tertiary/aromatic N) is 2. The van der Waals surface area contributed by atoms with E-state index in [0.29, 0.717) is 11.3 Å². The number of carbonyl (C=O) groups excluding carboxylic acids is 1. The summed E-state index contributed by atoms with van der Waals surface area (Å²) in [4.78, 5) is 16.3. The van der Waals surface area contributed by atoms with Crippen LogP contribution >= 0.6 is 0 Å². The Labute approximate surface area is 134 Å². The lowest BCUT2D eigenvalue weighted by molar-refractivity contribution is 0.0734. The lowest BCUT2D eigenvalue weighted by Gasteiger charge is -2.07. The summed E-state index contributed by atoms with van der Waals surface area (Å²) in [6.45, 7) is 0. The summed E-state index contributed by atoms with van der Waals surface area (Å²) in [6.07, 6.45) is 8.67. The molecule has 0 aliphatic heterocycles. The van der Waals surface area contributed by atoms with Crippen molar-refractivity contribution in [1.29, 1.82) is 0 Å². The molecule has 0 bridgehead atoms. The van der Waals surface area contributed by atoms with Gasteiger partial charge >= 0.3 is 5.97 Å². The van der Waals surface area contributed by atoms with Crippen LogP contribution in [0.15, 0.2) is 61.2 Å². The zero-order chi connectivity index (χ0) is 15.6. The molecule has 0 atom stereocenters. The normalized spacial score (nSPS) is 12.9. The molecule has 0 spiro atoms. The number of imidazole rings is 1. The quantitative estimate of drug-likeness (QED) is 0.549. The Morgan fingerprint density at radius 2 is 1.87 bits per heavy atom. The number of esters is 1. The molecule has 3 aromatic rings. The monoisotopic (exact) mass is 304 g/mol. The second-order valence-corrected chi connectivity index (χ2v) is 5.69. The van der Waals surface area contributed by atoms with Gasteiger partial charge in [-0.2, -0.15) is 0 Å². The van der Waals surface area contributed by atoms with Crippen molar-refractivity contribution in [3.8, 4) is 11.4 Å². The van der Waals surface area contributed by atoms with E-state index in [2.05, 4.69) is 11.1 Å². The molecular formula is C19H16N2O2. The molecule has 1 aromatic heterocycles. The highest BCUT2D eigenvalue weighted by Crippen LogP contribution is 2.26. The number of fused-ring (bicyclic) bond motifs is 1. The Hall–Kier alpha value is -2.88. The third-order valence-electron chi connectivity index (χ3n) is 4.19. The lowest BCUT2D eigenvalue weighted by Crippen LogP contribution is -2.08. The highest BCUT2D eigenvalue weighted by Gasteiger charge is 2.14. The molecule has 4 rings (SSSR count). The van der Waals surface area contributed by atoms with Crippen LogP contribution in [0.4, 0.5) is 0 Å². The average Bonchev–Trinajstić information content (AvgIpc) is 3.26. The van der Waals surface area contributed by atoms with E-state index in [1.807, 2.05) is 35.0 Å². The van der Waals surface area contributed by atoms with Crippen LogP contribution in [0.1, 0.15) is 27.9 Å². The molecule has 23 heavy (non-hydrogen) atoms. The van der Waals surface area contributed by atoms with E-state index in [1.165, 1.54) is 17.5 Å². The number of hydrogen-bond acceptors (Lipinski definition) is 3. The van der Waals surface area contributed by atoms with Crippen LogP contribution < -0.4 is 4.74 Å². The first-order chi connectivity index (χ1) is 11.3. The summed E-state index contributed by atoms with van der Waals surface area (Å²) in [6, 6.07) is 13.2. The van der Waals surface area contributed by atoms with Crippen LogP contribution in [0.3, 0.4) is 0 Å². The van der Waals surface area contributed by atoms with Crippen molar-refractivity contribution in [3.63, 3.8) is 0 Å². The van der Waals surface area contributed by atoms with E-state index in [9.17, 15) is 4.79 Å². The van der Waals surface area contributed by atoms with Gasteiger partial charge in [-0.15, -0.1) is 0 Å². The minimum Gasteiger partial charge on any atom is -0.423 e. The number of ether oxygens (including phenoxy) is 1. The van der Waals surface area contributed by atoms with Crippen molar-refractivity contribution in [3.05, 3.63) is 77.9 Å². The van der Waals surface area contributed by atoms with Crippen molar-refractivity contribution in [1.82, 2.24) is 9.55 Å². The molecule has 0 fully saturated rings. The summed E-state index contributed by atoms with van der Waals surface area (Å²) in [7, 11) is 0. The number of benzene rings is 2. The van der Waals surface area contributed by atoms with E-state index < -0.39 is 0 Å². The largest absolute Gasteiger partial charge is 0.423 e. The van der Waals surface area contributed by atoms with Crippen LogP contribution in [0.25, 0.3) is 5.69 Å². The Kier molecular flexibility index (Phi) is 3.42. The molecular weight excluding hydrogens is 288 g/mol. The third kappa shape index (κ3) is 2.75. The third-order valence-corrected chi connectivity index (χ3v) is 4.19. The second kappa shape index (κ2) is 5.72. The molecule has 0 saturated heterocycles. The molecule has 0 N–H and O–H groups in total. The fraction of sp³-hybridized carbons (Fsp3) is 0.158. The minimum atomic E-state index is -0.333. The van der Waals surface area contributed by atoms with Gasteiger partial charge in [-0.1, -0.05) is 6.07 Å². The fourth-order valence-corrected chi connectivity index (χ4v) is 2.96. The molecule has 0 saturated carbocycles. The molecule has 2 aromatic carbocycles. The van der Waals surface area contributed by atoms with Gasteiger partial charge in [-0.05, 0) is 66.8 Å². The zero-order valence-electron chi connectivity index (χ0n) is 12.6. The number of aromatic nitrogens is 2. The van der Waals surface area contributed by atoms with Crippen LogP contribution in [0, 0.1) is 0 Å². The van der Waals surface area contributed by atoms with E-state index >= 15 is 0 Å². The summed E-state index contributed by atoms with van der Waals surface area (Å²) < 4.78 is 7.38. The van der Waals surface area contributed by atoms with Crippen molar-refractivity contribution >= 4 is 5.97 Å². The van der Waals surface area contributed by atoms with Crippen molar-refractivity contribution in [2.45, 2.75) is 19.3 Å². The first kappa shape index (κ1) is 13.8. The zero-order valence-corrected chi connectivity index (χ0v) is 12.6. The fourth-order valence-electron chi connectivity index (χ4n) is 2.96. The Morgan fingerprint density at radius 1 is 1.04 bits per heavy atom. The van der Waals surface area contributed by atoms with Gasteiger partial charge < -0.3 is 9.30 Å². The molecule has 4 heteroatoms. The smallest absolute Gasteiger partial charge is 0.343 e. The highest BCUT2D eigenvalue weighted by atomic mass is 16.5. The summed E-state index contributed by atoms with van der Waals surface area (Å²) in [5, 5.41) is 0. The Morgan fingerprint density at radius 3 is 2.65 bits per heavy atom. The van der Waals surface area contributed by atoms with E-state index in [0.717, 1.165) is 18.5 Å². The standard InChI is InChI=1S/C19H16N2O2/c22-19(23-18-9-6-14-2-1-3-16(14)12-18)15-4-7-17(8-5-15)21-11-10-20-13-21/h4-13H,1-3H2. The van der Waals surface area contributed by atoms with Gasteiger partial charge in [-0.25, -0.2) is 9.78 Å². The van der Waals surface area contributed by atoms with Gasteiger partial charge in [0.1, 0.15) is 5.75 Å². The lowest BCUT2D eigenvalue weighted by atomic mass is 10.1. The number of rotatable bonds is 3. The Balaban J connectivity index is 1.51. The predicted octanol–water partition coefficient (Wildman–Crippen LogP) is 3.58. The molecule has 0 unspecified atom stereocenters. The van der Waals surface area contributed by atoms with E-state index in [1.54, 1.807) is 24.7 Å². The van der Waals surface area contributed by atoms with Gasteiger partial charge in [0.2, 0.25) is 0 Å². The first-order valence-corrected chi connectivity index (χ1v) is 7.72. The summed E-state index contributed by atoms with van der Waals surface area (Å²) >= 11 is 0. The van der Waals surface area contributed by atoms with Gasteiger partial charge in [0.15, 0.2) is 0 Å². The molecule has 1 aliphatic rings. The van der Waals surface area contributed by atoms with E-state index in [-0.39, 0.29) is 5.97 Å². The van der Waals surface area contributed by atoms with Gasteiger partial charge in [0, 0.05) is 18.1 Å². The van der Waals surface area contributed by atoms with Gasteiger partial charge in [0.05, 0.1) is 11.9 Å². The molecule has 1 heterocycles.